The van der Waals surface area contributed by atoms with E-state index in [0.717, 1.165) is 12.4 Å². The van der Waals surface area contributed by atoms with Gasteiger partial charge in [0.1, 0.15) is 11.6 Å². The molecular weight excluding hydrogens is 240 g/mol. The van der Waals surface area contributed by atoms with Crippen molar-refractivity contribution in [2.24, 2.45) is 11.8 Å². The minimum absolute atomic E-state index is 0.127. The third-order valence-electron chi connectivity index (χ3n) is 3.46. The van der Waals surface area contributed by atoms with Crippen molar-refractivity contribution in [1.29, 1.82) is 0 Å². The van der Waals surface area contributed by atoms with Crippen molar-refractivity contribution in [2.75, 3.05) is 12.0 Å². The molecule has 1 aromatic heterocycles. The summed E-state index contributed by atoms with van der Waals surface area (Å²) in [6.07, 6.45) is 5.17. The van der Waals surface area contributed by atoms with Crippen molar-refractivity contribution in [3.8, 4) is 5.88 Å². The summed E-state index contributed by atoms with van der Waals surface area (Å²) < 4.78 is 5.82. The van der Waals surface area contributed by atoms with Gasteiger partial charge in [0.15, 0.2) is 0 Å². The van der Waals surface area contributed by atoms with Crippen molar-refractivity contribution in [2.45, 2.75) is 51.9 Å². The lowest BCUT2D eigenvalue weighted by molar-refractivity contribution is 0.241. The van der Waals surface area contributed by atoms with E-state index in [0.29, 0.717) is 17.6 Å². The van der Waals surface area contributed by atoms with E-state index in [2.05, 4.69) is 36.2 Å². The van der Waals surface area contributed by atoms with Gasteiger partial charge in [-0.25, -0.2) is 10.8 Å². The molecule has 106 valence electrons. The van der Waals surface area contributed by atoms with Gasteiger partial charge in [-0.2, -0.15) is 4.98 Å². The van der Waals surface area contributed by atoms with Gasteiger partial charge >= 0.3 is 0 Å². The van der Waals surface area contributed by atoms with Crippen LogP contribution in [0, 0.1) is 5.92 Å². The molecule has 19 heavy (non-hydrogen) atoms. The fourth-order valence-corrected chi connectivity index (χ4v) is 2.29. The fourth-order valence-electron chi connectivity index (χ4n) is 2.29. The lowest BCUT2D eigenvalue weighted by atomic mass is 9.96. The summed E-state index contributed by atoms with van der Waals surface area (Å²) in [4.78, 5) is 8.86. The molecular formula is C14H24N4O. The van der Waals surface area contributed by atoms with Gasteiger partial charge in [-0.15, -0.1) is 0 Å². The van der Waals surface area contributed by atoms with E-state index in [1.807, 2.05) is 0 Å². The molecule has 0 spiro atoms. The molecule has 0 unspecified atom stereocenters. The van der Waals surface area contributed by atoms with Crippen molar-refractivity contribution in [3.63, 3.8) is 0 Å². The second-order valence-corrected chi connectivity index (χ2v) is 6.27. The SMILES string of the molecule is CC(C)(C)c1nc(NN)cc(OCC2CCCC2)n1. The number of nitrogens with one attached hydrogen (secondary N) is 1. The van der Waals surface area contributed by atoms with E-state index in [1.54, 1.807) is 6.07 Å². The number of aromatic nitrogens is 2. The van der Waals surface area contributed by atoms with Crippen LogP contribution in [0.3, 0.4) is 0 Å². The van der Waals surface area contributed by atoms with Crippen LogP contribution in [-0.4, -0.2) is 16.6 Å². The highest BCUT2D eigenvalue weighted by molar-refractivity contribution is 5.37. The minimum Gasteiger partial charge on any atom is -0.477 e. The quantitative estimate of drug-likeness (QED) is 0.646. The van der Waals surface area contributed by atoms with Gasteiger partial charge in [0.2, 0.25) is 5.88 Å². The summed E-state index contributed by atoms with van der Waals surface area (Å²) in [5.41, 5.74) is 2.45. The molecule has 0 bridgehead atoms. The average molecular weight is 264 g/mol. The van der Waals surface area contributed by atoms with Gasteiger partial charge in [0.25, 0.3) is 0 Å². The number of hydrogen-bond acceptors (Lipinski definition) is 5. The van der Waals surface area contributed by atoms with Crippen LogP contribution in [0.4, 0.5) is 5.82 Å². The molecule has 3 N–H and O–H groups in total. The summed E-state index contributed by atoms with van der Waals surface area (Å²) in [5.74, 6) is 8.07. The Balaban J connectivity index is 2.10. The van der Waals surface area contributed by atoms with E-state index in [4.69, 9.17) is 10.6 Å². The number of rotatable bonds is 4. The number of anilines is 1. The molecule has 0 aliphatic heterocycles. The second kappa shape index (κ2) is 5.74. The van der Waals surface area contributed by atoms with Gasteiger partial charge in [-0.05, 0) is 18.8 Å². The maximum atomic E-state index is 5.82. The molecule has 1 aromatic rings. The first-order valence-electron chi connectivity index (χ1n) is 6.98. The van der Waals surface area contributed by atoms with E-state index in [-0.39, 0.29) is 5.41 Å². The van der Waals surface area contributed by atoms with Gasteiger partial charge in [0, 0.05) is 11.5 Å². The van der Waals surface area contributed by atoms with Crippen LogP contribution >= 0.6 is 0 Å². The predicted octanol–water partition coefficient (Wildman–Crippen LogP) is 2.63. The van der Waals surface area contributed by atoms with E-state index >= 15 is 0 Å². The molecule has 0 amide bonds. The van der Waals surface area contributed by atoms with Gasteiger partial charge in [0.05, 0.1) is 6.61 Å². The first-order valence-corrected chi connectivity index (χ1v) is 6.98. The Hall–Kier alpha value is -1.36. The molecule has 5 heteroatoms. The fraction of sp³-hybridized carbons (Fsp3) is 0.714. The summed E-state index contributed by atoms with van der Waals surface area (Å²) in [6.45, 7) is 6.96. The highest BCUT2D eigenvalue weighted by Gasteiger charge is 2.20. The Kier molecular flexibility index (Phi) is 4.24. The zero-order valence-electron chi connectivity index (χ0n) is 12.1. The first-order chi connectivity index (χ1) is 8.99. The molecule has 1 aliphatic rings. The molecule has 0 atom stereocenters. The number of ether oxygens (including phenoxy) is 1. The predicted molar refractivity (Wildman–Crippen MR) is 76.0 cm³/mol. The van der Waals surface area contributed by atoms with Crippen molar-refractivity contribution in [1.82, 2.24) is 9.97 Å². The number of nitrogen functional groups attached to an aromatic ring is 1. The van der Waals surface area contributed by atoms with E-state index in [9.17, 15) is 0 Å². The van der Waals surface area contributed by atoms with Crippen molar-refractivity contribution < 1.29 is 4.74 Å². The maximum absolute atomic E-state index is 5.82. The van der Waals surface area contributed by atoms with Crippen LogP contribution in [0.1, 0.15) is 52.3 Å². The molecule has 1 saturated carbocycles. The van der Waals surface area contributed by atoms with E-state index in [1.165, 1.54) is 25.7 Å². The molecule has 5 nitrogen and oxygen atoms in total. The lowest BCUT2D eigenvalue weighted by Gasteiger charge is -2.19. The zero-order valence-corrected chi connectivity index (χ0v) is 12.1. The standard InChI is InChI=1S/C14H24N4O/c1-14(2,3)13-16-11(18-15)8-12(17-13)19-9-10-6-4-5-7-10/h8,10H,4-7,9,15H2,1-3H3,(H,16,17,18). The molecule has 1 heterocycles. The van der Waals surface area contributed by atoms with Crippen LogP contribution in [0.25, 0.3) is 0 Å². The molecule has 0 radical (unpaired) electrons. The average Bonchev–Trinajstić information content (AvgIpc) is 2.88. The molecule has 0 saturated heterocycles. The summed E-state index contributed by atoms with van der Waals surface area (Å²) in [5, 5.41) is 0. The molecule has 1 fully saturated rings. The van der Waals surface area contributed by atoms with Crippen LogP contribution < -0.4 is 16.0 Å². The minimum atomic E-state index is -0.127. The summed E-state index contributed by atoms with van der Waals surface area (Å²) >= 11 is 0. The smallest absolute Gasteiger partial charge is 0.218 e. The van der Waals surface area contributed by atoms with Gasteiger partial charge in [-0.3, -0.25) is 0 Å². The van der Waals surface area contributed by atoms with Crippen LogP contribution in [-0.2, 0) is 5.41 Å². The number of hydrazine groups is 1. The maximum Gasteiger partial charge on any atom is 0.218 e. The van der Waals surface area contributed by atoms with Crippen LogP contribution in [0.5, 0.6) is 5.88 Å². The number of nitrogens with zero attached hydrogens (tertiary/aromatic N) is 2. The largest absolute Gasteiger partial charge is 0.477 e. The third kappa shape index (κ3) is 3.80. The Morgan fingerprint density at radius 1 is 1.32 bits per heavy atom. The van der Waals surface area contributed by atoms with Crippen LogP contribution in [0.15, 0.2) is 6.07 Å². The second-order valence-electron chi connectivity index (χ2n) is 6.27. The van der Waals surface area contributed by atoms with Crippen LogP contribution in [0.2, 0.25) is 0 Å². The Morgan fingerprint density at radius 2 is 2.00 bits per heavy atom. The van der Waals surface area contributed by atoms with Gasteiger partial charge in [-0.1, -0.05) is 33.6 Å². The highest BCUT2D eigenvalue weighted by atomic mass is 16.5. The topological polar surface area (TPSA) is 73.1 Å². The lowest BCUT2D eigenvalue weighted by Crippen LogP contribution is -2.20. The first kappa shape index (κ1) is 14.1. The molecule has 2 rings (SSSR count). The van der Waals surface area contributed by atoms with Crippen molar-refractivity contribution in [3.05, 3.63) is 11.9 Å². The molecule has 1 aliphatic carbocycles. The monoisotopic (exact) mass is 264 g/mol. The Morgan fingerprint density at radius 3 is 2.58 bits per heavy atom. The van der Waals surface area contributed by atoms with E-state index < -0.39 is 0 Å². The molecule has 0 aromatic carbocycles. The van der Waals surface area contributed by atoms with Gasteiger partial charge < -0.3 is 10.2 Å². The Bertz CT molecular complexity index is 422. The number of hydrogen-bond donors (Lipinski definition) is 2. The summed E-state index contributed by atoms with van der Waals surface area (Å²) in [7, 11) is 0. The highest BCUT2D eigenvalue weighted by Crippen LogP contribution is 2.27. The Labute approximate surface area is 114 Å². The normalized spacial score (nSPS) is 16.6. The third-order valence-corrected chi connectivity index (χ3v) is 3.46. The number of nitrogens with two attached hydrogens (primary N) is 1. The van der Waals surface area contributed by atoms with Crippen molar-refractivity contribution >= 4 is 5.82 Å². The summed E-state index contributed by atoms with van der Waals surface area (Å²) in [6, 6.07) is 1.75. The zero-order chi connectivity index (χ0) is 13.9.